The third-order valence-corrected chi connectivity index (χ3v) is 5.41. The SMILES string of the molecule is Cc1ccc(CNC(=O)CN=C2NS(=O)(=O)c3ccccc32)c(C)c1. The van der Waals surface area contributed by atoms with Crippen LogP contribution in [-0.4, -0.2) is 26.7 Å². The minimum absolute atomic E-state index is 0.142. The Bertz CT molecular complexity index is 965. The van der Waals surface area contributed by atoms with Crippen molar-refractivity contribution in [3.8, 4) is 0 Å². The maximum Gasteiger partial charge on any atom is 0.263 e. The number of fused-ring (bicyclic) bond motifs is 1. The zero-order chi connectivity index (χ0) is 18.0. The molecule has 2 N–H and O–H groups in total. The van der Waals surface area contributed by atoms with Crippen LogP contribution in [0.25, 0.3) is 0 Å². The van der Waals surface area contributed by atoms with Gasteiger partial charge in [0.1, 0.15) is 12.4 Å². The summed E-state index contributed by atoms with van der Waals surface area (Å²) in [7, 11) is -3.58. The van der Waals surface area contributed by atoms with Gasteiger partial charge < -0.3 is 5.32 Å². The largest absolute Gasteiger partial charge is 0.350 e. The fourth-order valence-corrected chi connectivity index (χ4v) is 3.95. The average molecular weight is 357 g/mol. The Morgan fingerprint density at radius 3 is 2.68 bits per heavy atom. The van der Waals surface area contributed by atoms with Gasteiger partial charge in [-0.3, -0.25) is 14.5 Å². The number of hydrogen-bond donors (Lipinski definition) is 2. The highest BCUT2D eigenvalue weighted by atomic mass is 32.2. The predicted molar refractivity (Wildman–Crippen MR) is 95.9 cm³/mol. The van der Waals surface area contributed by atoms with Gasteiger partial charge in [0.2, 0.25) is 5.91 Å². The quantitative estimate of drug-likeness (QED) is 0.872. The molecule has 0 aliphatic carbocycles. The Morgan fingerprint density at radius 2 is 1.92 bits per heavy atom. The number of amidine groups is 1. The number of sulfonamides is 1. The Hall–Kier alpha value is -2.67. The lowest BCUT2D eigenvalue weighted by molar-refractivity contribution is -0.119. The molecule has 2 aromatic carbocycles. The fraction of sp³-hybridized carbons (Fsp3) is 0.222. The molecule has 6 nitrogen and oxygen atoms in total. The molecule has 130 valence electrons. The van der Waals surface area contributed by atoms with Crippen LogP contribution in [-0.2, 0) is 21.4 Å². The first-order valence-corrected chi connectivity index (χ1v) is 9.34. The third kappa shape index (κ3) is 3.71. The molecule has 0 fully saturated rings. The van der Waals surface area contributed by atoms with E-state index in [-0.39, 0.29) is 23.2 Å². The Kier molecular flexibility index (Phi) is 4.59. The van der Waals surface area contributed by atoms with E-state index in [1.807, 2.05) is 26.0 Å². The monoisotopic (exact) mass is 357 g/mol. The normalized spacial score (nSPS) is 16.3. The van der Waals surface area contributed by atoms with E-state index in [2.05, 4.69) is 21.1 Å². The van der Waals surface area contributed by atoms with Gasteiger partial charge in [0.05, 0.1) is 4.90 Å². The third-order valence-electron chi connectivity index (χ3n) is 4.02. The number of carbonyl (C=O) groups is 1. The molecule has 0 saturated heterocycles. The average Bonchev–Trinajstić information content (AvgIpc) is 2.83. The smallest absolute Gasteiger partial charge is 0.263 e. The van der Waals surface area contributed by atoms with Crippen molar-refractivity contribution in [2.75, 3.05) is 6.54 Å². The number of benzene rings is 2. The van der Waals surface area contributed by atoms with Gasteiger partial charge >= 0.3 is 0 Å². The van der Waals surface area contributed by atoms with E-state index in [0.717, 1.165) is 11.1 Å². The summed E-state index contributed by atoms with van der Waals surface area (Å²) in [6.07, 6.45) is 0. The fourth-order valence-electron chi connectivity index (χ4n) is 2.70. The van der Waals surface area contributed by atoms with E-state index >= 15 is 0 Å². The molecule has 0 radical (unpaired) electrons. The van der Waals surface area contributed by atoms with Gasteiger partial charge in [0.25, 0.3) is 10.0 Å². The first-order chi connectivity index (χ1) is 11.9. The van der Waals surface area contributed by atoms with E-state index < -0.39 is 10.0 Å². The van der Waals surface area contributed by atoms with Crippen molar-refractivity contribution >= 4 is 21.8 Å². The molecular formula is C18H19N3O3S. The minimum Gasteiger partial charge on any atom is -0.350 e. The van der Waals surface area contributed by atoms with Crippen LogP contribution in [0.2, 0.25) is 0 Å². The van der Waals surface area contributed by atoms with Crippen LogP contribution in [0.4, 0.5) is 0 Å². The molecule has 1 aliphatic heterocycles. The molecular weight excluding hydrogens is 338 g/mol. The molecule has 0 bridgehead atoms. The molecule has 2 aromatic rings. The molecule has 0 spiro atoms. The predicted octanol–water partition coefficient (Wildman–Crippen LogP) is 1.66. The highest BCUT2D eigenvalue weighted by molar-refractivity contribution is 7.90. The first kappa shape index (κ1) is 17.2. The summed E-state index contributed by atoms with van der Waals surface area (Å²) < 4.78 is 26.4. The number of aryl methyl sites for hydroxylation is 2. The summed E-state index contributed by atoms with van der Waals surface area (Å²) in [5.74, 6) is -0.0617. The van der Waals surface area contributed by atoms with E-state index in [1.54, 1.807) is 18.2 Å². The van der Waals surface area contributed by atoms with Crippen LogP contribution in [0.5, 0.6) is 0 Å². The van der Waals surface area contributed by atoms with Gasteiger partial charge in [-0.2, -0.15) is 0 Å². The van der Waals surface area contributed by atoms with Crippen molar-refractivity contribution in [3.05, 3.63) is 64.7 Å². The van der Waals surface area contributed by atoms with Gasteiger partial charge in [-0.1, -0.05) is 35.9 Å². The summed E-state index contributed by atoms with van der Waals surface area (Å²) in [6, 6.07) is 12.6. The molecule has 3 rings (SSSR count). The van der Waals surface area contributed by atoms with E-state index in [9.17, 15) is 13.2 Å². The second kappa shape index (κ2) is 6.68. The van der Waals surface area contributed by atoms with Crippen molar-refractivity contribution in [2.45, 2.75) is 25.3 Å². The number of carbonyl (C=O) groups excluding carboxylic acids is 1. The van der Waals surface area contributed by atoms with Crippen LogP contribution in [0.1, 0.15) is 22.3 Å². The maximum absolute atomic E-state index is 12.0. The lowest BCUT2D eigenvalue weighted by Gasteiger charge is -2.08. The molecule has 1 aliphatic rings. The van der Waals surface area contributed by atoms with Crippen LogP contribution in [0.15, 0.2) is 52.4 Å². The topological polar surface area (TPSA) is 87.6 Å². The van der Waals surface area contributed by atoms with Gasteiger partial charge in [-0.25, -0.2) is 8.42 Å². The number of aliphatic imine (C=N–C) groups is 1. The molecule has 0 unspecified atom stereocenters. The molecule has 25 heavy (non-hydrogen) atoms. The lowest BCUT2D eigenvalue weighted by atomic mass is 10.1. The van der Waals surface area contributed by atoms with Crippen molar-refractivity contribution in [2.24, 2.45) is 4.99 Å². The molecule has 1 amide bonds. The number of nitrogens with one attached hydrogen (secondary N) is 2. The molecule has 0 atom stereocenters. The minimum atomic E-state index is -3.58. The van der Waals surface area contributed by atoms with Crippen LogP contribution >= 0.6 is 0 Å². The zero-order valence-corrected chi connectivity index (χ0v) is 14.9. The number of rotatable bonds is 4. The van der Waals surface area contributed by atoms with Crippen molar-refractivity contribution in [1.29, 1.82) is 0 Å². The molecule has 1 heterocycles. The Morgan fingerprint density at radius 1 is 1.16 bits per heavy atom. The van der Waals surface area contributed by atoms with Crippen molar-refractivity contribution in [3.63, 3.8) is 0 Å². The Balaban J connectivity index is 1.66. The van der Waals surface area contributed by atoms with Gasteiger partial charge in [0, 0.05) is 12.1 Å². The van der Waals surface area contributed by atoms with Gasteiger partial charge in [-0.15, -0.1) is 0 Å². The summed E-state index contributed by atoms with van der Waals surface area (Å²) in [4.78, 5) is 16.3. The van der Waals surface area contributed by atoms with E-state index in [0.29, 0.717) is 12.1 Å². The van der Waals surface area contributed by atoms with E-state index in [4.69, 9.17) is 0 Å². The maximum atomic E-state index is 12.0. The number of hydrogen-bond acceptors (Lipinski definition) is 4. The summed E-state index contributed by atoms with van der Waals surface area (Å²) >= 11 is 0. The van der Waals surface area contributed by atoms with Gasteiger partial charge in [-0.05, 0) is 37.1 Å². The summed E-state index contributed by atoms with van der Waals surface area (Å²) in [5.41, 5.74) is 3.82. The summed E-state index contributed by atoms with van der Waals surface area (Å²) in [5, 5.41) is 2.80. The molecule has 0 saturated carbocycles. The van der Waals surface area contributed by atoms with E-state index in [1.165, 1.54) is 11.6 Å². The standard InChI is InChI=1S/C18H19N3O3S/c1-12-7-8-14(13(2)9-12)10-19-17(22)11-20-18-15-5-3-4-6-16(15)25(23,24)21-18/h3-9H,10-11H2,1-2H3,(H,19,22)(H,20,21). The van der Waals surface area contributed by atoms with Gasteiger partial charge in [0.15, 0.2) is 0 Å². The number of nitrogens with zero attached hydrogens (tertiary/aromatic N) is 1. The number of amides is 1. The van der Waals surface area contributed by atoms with Crippen LogP contribution < -0.4 is 10.0 Å². The second-order valence-corrected chi connectivity index (χ2v) is 7.62. The summed E-state index contributed by atoms with van der Waals surface area (Å²) in [6.45, 7) is 4.29. The molecule has 0 aromatic heterocycles. The molecule has 7 heteroatoms. The Labute approximate surface area is 147 Å². The first-order valence-electron chi connectivity index (χ1n) is 7.86. The van der Waals surface area contributed by atoms with Crippen LogP contribution in [0.3, 0.4) is 0 Å². The highest BCUT2D eigenvalue weighted by Crippen LogP contribution is 2.22. The van der Waals surface area contributed by atoms with Crippen molar-refractivity contribution in [1.82, 2.24) is 10.0 Å². The van der Waals surface area contributed by atoms with Crippen molar-refractivity contribution < 1.29 is 13.2 Å². The second-order valence-electron chi connectivity index (χ2n) is 5.97. The zero-order valence-electron chi connectivity index (χ0n) is 14.0. The lowest BCUT2D eigenvalue weighted by Crippen LogP contribution is -2.28. The highest BCUT2D eigenvalue weighted by Gasteiger charge is 2.30. The van der Waals surface area contributed by atoms with Crippen LogP contribution in [0, 0.1) is 13.8 Å².